The topological polar surface area (TPSA) is 38.7 Å². The number of hydrogen-bond acceptors (Lipinski definition) is 4. The number of rotatable bonds is 9. The highest BCUT2D eigenvalue weighted by atomic mass is 32.1. The molecule has 0 bridgehead atoms. The molecule has 0 N–H and O–H groups in total. The fourth-order valence-corrected chi connectivity index (χ4v) is 10.5. The Morgan fingerprint density at radius 1 is 0.284 bits per heavy atom. The lowest BCUT2D eigenvalue weighted by Crippen LogP contribution is -1.96. The fourth-order valence-electron chi connectivity index (χ4n) is 9.20. The van der Waals surface area contributed by atoms with Crippen molar-refractivity contribution in [1.29, 1.82) is 0 Å². The second-order valence-electron chi connectivity index (χ2n) is 16.7. The summed E-state index contributed by atoms with van der Waals surface area (Å²) in [5.41, 5.74) is 18.3. The lowest BCUT2D eigenvalue weighted by molar-refractivity contribution is 1.18. The minimum Gasteiger partial charge on any atom is -0.247 e. The molecule has 0 amide bonds. The van der Waals surface area contributed by atoms with Crippen LogP contribution in [0.1, 0.15) is 0 Å². The summed E-state index contributed by atoms with van der Waals surface area (Å²) in [7, 11) is 0. The Morgan fingerprint density at radius 3 is 1.33 bits per heavy atom. The van der Waals surface area contributed by atoms with Crippen LogP contribution in [0.25, 0.3) is 121 Å². The Hall–Kier alpha value is -8.57. The van der Waals surface area contributed by atoms with Crippen molar-refractivity contribution in [3.8, 4) is 100 Å². The number of fused-ring (bicyclic) bond motifs is 3. The monoisotopic (exact) mass is 871 g/mol. The molecule has 0 radical (unpaired) electrons. The zero-order chi connectivity index (χ0) is 44.5. The highest BCUT2D eigenvalue weighted by molar-refractivity contribution is 7.24. The van der Waals surface area contributed by atoms with E-state index < -0.39 is 0 Å². The largest absolute Gasteiger partial charge is 0.247 e. The summed E-state index contributed by atoms with van der Waals surface area (Å²) in [6.45, 7) is 0. The maximum absolute atomic E-state index is 5.48. The lowest BCUT2D eigenvalue weighted by Gasteiger charge is -2.14. The Bertz CT molecular complexity index is 3600. The molecule has 0 saturated heterocycles. The zero-order valence-corrected chi connectivity index (χ0v) is 37.2. The van der Waals surface area contributed by atoms with Crippen molar-refractivity contribution in [1.82, 2.24) is 15.0 Å². The normalized spacial score (nSPS) is 11.3. The number of nitrogens with zero attached hydrogens (tertiary/aromatic N) is 3. The molecule has 9 aromatic carbocycles. The molecule has 12 rings (SSSR count). The number of benzene rings is 9. The minimum atomic E-state index is 0.698. The van der Waals surface area contributed by atoms with E-state index in [4.69, 9.17) is 15.0 Å². The molecule has 0 aliphatic heterocycles. The van der Waals surface area contributed by atoms with Gasteiger partial charge >= 0.3 is 0 Å². The zero-order valence-electron chi connectivity index (χ0n) is 36.4. The Morgan fingerprint density at radius 2 is 0.716 bits per heavy atom. The van der Waals surface area contributed by atoms with Crippen LogP contribution >= 0.6 is 11.3 Å². The molecular weight excluding hydrogens is 831 g/mol. The number of hydrogen-bond donors (Lipinski definition) is 0. The van der Waals surface area contributed by atoms with Gasteiger partial charge in [0.1, 0.15) is 0 Å². The van der Waals surface area contributed by atoms with E-state index >= 15 is 0 Å². The number of thiophene rings is 1. The third-order valence-corrected chi connectivity index (χ3v) is 13.7. The third-order valence-electron chi connectivity index (χ3n) is 12.5. The van der Waals surface area contributed by atoms with Crippen LogP contribution in [-0.2, 0) is 0 Å². The van der Waals surface area contributed by atoms with Crippen molar-refractivity contribution in [2.45, 2.75) is 0 Å². The van der Waals surface area contributed by atoms with Crippen LogP contribution in [-0.4, -0.2) is 15.0 Å². The van der Waals surface area contributed by atoms with Crippen LogP contribution in [0.15, 0.2) is 249 Å². The van der Waals surface area contributed by atoms with E-state index in [2.05, 4.69) is 224 Å². The van der Waals surface area contributed by atoms with Crippen molar-refractivity contribution < 1.29 is 0 Å². The lowest BCUT2D eigenvalue weighted by atomic mass is 9.90. The van der Waals surface area contributed by atoms with E-state index in [1.807, 2.05) is 35.6 Å². The molecule has 67 heavy (non-hydrogen) atoms. The van der Waals surface area contributed by atoms with E-state index in [0.717, 1.165) is 72.3 Å². The van der Waals surface area contributed by atoms with Gasteiger partial charge in [-0.3, -0.25) is 0 Å². The van der Waals surface area contributed by atoms with E-state index in [1.165, 1.54) is 43.0 Å². The van der Waals surface area contributed by atoms with Gasteiger partial charge in [-0.2, -0.15) is 0 Å². The predicted octanol–water partition coefficient (Wildman–Crippen LogP) is 17.2. The number of aromatic nitrogens is 3. The Labute approximate surface area is 394 Å². The van der Waals surface area contributed by atoms with Gasteiger partial charge in [0.2, 0.25) is 0 Å². The molecule has 314 valence electrons. The van der Waals surface area contributed by atoms with Crippen LogP contribution in [0.5, 0.6) is 0 Å². The first-order chi connectivity index (χ1) is 33.2. The van der Waals surface area contributed by atoms with Crippen molar-refractivity contribution >= 4 is 32.3 Å². The van der Waals surface area contributed by atoms with Crippen LogP contribution < -0.4 is 0 Å². The molecule has 12 aromatic rings. The summed E-state index contributed by atoms with van der Waals surface area (Å²) < 4.78 is 1.22. The van der Waals surface area contributed by atoms with E-state index in [1.54, 1.807) is 0 Å². The SMILES string of the molecule is c1ccc(-c2cc(-c3ccccc3)cc(-c3sc4c(c(-c5ccccc5)nc5ccccc54)c3-c3cccc(-c4cccc(-c5cc(-c6ccccc6)nc(-c6ccccc6)n5)c4)c3)c2)cc1. The van der Waals surface area contributed by atoms with Gasteiger partial charge in [-0.25, -0.2) is 15.0 Å². The quantitative estimate of drug-likeness (QED) is 0.145. The van der Waals surface area contributed by atoms with Crippen LogP contribution in [0.3, 0.4) is 0 Å². The smallest absolute Gasteiger partial charge is 0.160 e. The second kappa shape index (κ2) is 17.4. The molecule has 4 heteroatoms. The number of pyridine rings is 1. The summed E-state index contributed by atoms with van der Waals surface area (Å²) in [5, 5.41) is 2.31. The predicted molar refractivity (Wildman–Crippen MR) is 282 cm³/mol. The van der Waals surface area contributed by atoms with Gasteiger partial charge in [0, 0.05) is 48.2 Å². The summed E-state index contributed by atoms with van der Waals surface area (Å²) in [6.07, 6.45) is 0. The first-order valence-electron chi connectivity index (χ1n) is 22.6. The number of para-hydroxylation sites is 1. The highest BCUT2D eigenvalue weighted by Gasteiger charge is 2.24. The van der Waals surface area contributed by atoms with E-state index in [0.29, 0.717) is 5.82 Å². The maximum Gasteiger partial charge on any atom is 0.160 e. The summed E-state index contributed by atoms with van der Waals surface area (Å²) in [6, 6.07) is 88.2. The Balaban J connectivity index is 1.08. The van der Waals surface area contributed by atoms with Crippen molar-refractivity contribution in [2.24, 2.45) is 0 Å². The molecule has 3 nitrogen and oxygen atoms in total. The summed E-state index contributed by atoms with van der Waals surface area (Å²) in [4.78, 5) is 16.9. The molecule has 3 aromatic heterocycles. The van der Waals surface area contributed by atoms with Crippen molar-refractivity contribution in [3.63, 3.8) is 0 Å². The average molecular weight is 872 g/mol. The molecule has 0 aliphatic rings. The van der Waals surface area contributed by atoms with Gasteiger partial charge in [0.15, 0.2) is 5.82 Å². The molecule has 0 saturated carbocycles. The Kier molecular flexibility index (Phi) is 10.4. The van der Waals surface area contributed by atoms with Crippen LogP contribution in [0, 0.1) is 0 Å². The third kappa shape index (κ3) is 7.80. The van der Waals surface area contributed by atoms with Gasteiger partial charge in [0.25, 0.3) is 0 Å². The maximum atomic E-state index is 5.48. The molecule has 3 heterocycles. The van der Waals surface area contributed by atoms with Crippen molar-refractivity contribution in [3.05, 3.63) is 249 Å². The molecule has 0 atom stereocenters. The minimum absolute atomic E-state index is 0.698. The summed E-state index contributed by atoms with van der Waals surface area (Å²) in [5.74, 6) is 0.698. The average Bonchev–Trinajstić information content (AvgIpc) is 3.83. The summed E-state index contributed by atoms with van der Waals surface area (Å²) >= 11 is 1.86. The van der Waals surface area contributed by atoms with E-state index in [-0.39, 0.29) is 0 Å². The highest BCUT2D eigenvalue weighted by Crippen LogP contribution is 2.51. The van der Waals surface area contributed by atoms with Crippen LogP contribution in [0.2, 0.25) is 0 Å². The molecular formula is C63H41N3S. The van der Waals surface area contributed by atoms with E-state index in [9.17, 15) is 0 Å². The van der Waals surface area contributed by atoms with Crippen molar-refractivity contribution in [2.75, 3.05) is 0 Å². The first-order valence-corrected chi connectivity index (χ1v) is 23.4. The molecule has 0 aliphatic carbocycles. The standard InChI is InChI=1S/C63H41N3S/c1-6-20-42(21-7-1)51-38-52(43-22-8-2-9-23-43)40-53(39-51)61-58(59-60(45-26-12-4-13-27-45)64-55-35-17-16-34-54(55)62(59)67-61)50-33-19-31-48(37-50)47-30-18-32-49(36-47)57-41-56(44-24-10-3-11-25-44)65-63(66-57)46-28-14-5-15-29-46/h1-41H. The van der Waals surface area contributed by atoms with Gasteiger partial charge in [-0.1, -0.05) is 206 Å². The second-order valence-corrected chi connectivity index (χ2v) is 17.8. The molecule has 0 fully saturated rings. The van der Waals surface area contributed by atoms with Gasteiger partial charge < -0.3 is 0 Å². The van der Waals surface area contributed by atoms with Gasteiger partial charge in [-0.05, 0) is 87.0 Å². The first kappa shape index (κ1) is 40.0. The molecule has 0 spiro atoms. The van der Waals surface area contributed by atoms with Gasteiger partial charge in [0.05, 0.1) is 22.6 Å². The van der Waals surface area contributed by atoms with Gasteiger partial charge in [-0.15, -0.1) is 11.3 Å². The van der Waals surface area contributed by atoms with Crippen LogP contribution in [0.4, 0.5) is 0 Å². The molecule has 0 unspecified atom stereocenters. The fraction of sp³-hybridized carbons (Fsp3) is 0.